The van der Waals surface area contributed by atoms with Gasteiger partial charge in [0.15, 0.2) is 34.9 Å². The van der Waals surface area contributed by atoms with E-state index in [1.807, 2.05) is 0 Å². The summed E-state index contributed by atoms with van der Waals surface area (Å²) < 4.78 is 239. The quantitative estimate of drug-likeness (QED) is 0.259. The number of hydrogen-bond donors (Lipinski definition) is 0. The molecule has 0 amide bonds. The second-order valence-corrected chi connectivity index (χ2v) is 7.16. The molecule has 0 fully saturated rings. The monoisotopic (exact) mass is 566 g/mol. The summed E-state index contributed by atoms with van der Waals surface area (Å²) in [6, 6.07) is 0. The van der Waals surface area contributed by atoms with Crippen LogP contribution in [-0.2, 0) is 24.7 Å². The SMILES string of the molecule is Fc1c(F)c(C(F)(F)F)c(F)c(C(F)(F)F)c1Sc1c(F)c(F)c(C(F)(F)F)c(F)c1C(F)(F)F. The summed E-state index contributed by atoms with van der Waals surface area (Å²) in [6.45, 7) is 0. The van der Waals surface area contributed by atoms with Gasteiger partial charge in [0, 0.05) is 0 Å². The van der Waals surface area contributed by atoms with E-state index in [0.717, 1.165) is 0 Å². The Hall–Kier alpha value is -2.47. The average molecular weight is 566 g/mol. The van der Waals surface area contributed by atoms with Crippen LogP contribution in [0.25, 0.3) is 0 Å². The molecule has 19 heteroatoms. The number of rotatable bonds is 2. The Kier molecular flexibility index (Phi) is 7.05. The van der Waals surface area contributed by atoms with Gasteiger partial charge < -0.3 is 0 Å². The summed E-state index contributed by atoms with van der Waals surface area (Å²) >= 11 is -1.84. The standard InChI is InChI=1S/C16F18S/c17-5-1(13(23,24)25)7(19)9(21)11(3(5)15(29,30)31)35-12-4(16(32,33)34)6(18)2(14(26,27)28)8(20)10(12)22. The minimum absolute atomic E-state index is 1.84. The van der Waals surface area contributed by atoms with Gasteiger partial charge >= 0.3 is 24.7 Å². The fourth-order valence-corrected chi connectivity index (χ4v) is 3.76. The van der Waals surface area contributed by atoms with E-state index in [4.69, 9.17) is 0 Å². The third-order valence-corrected chi connectivity index (χ3v) is 5.07. The van der Waals surface area contributed by atoms with Crippen molar-refractivity contribution in [2.75, 3.05) is 0 Å². The van der Waals surface area contributed by atoms with Crippen LogP contribution in [-0.4, -0.2) is 0 Å². The lowest BCUT2D eigenvalue weighted by molar-refractivity contribution is -0.152. The first-order valence-corrected chi connectivity index (χ1v) is 8.63. The summed E-state index contributed by atoms with van der Waals surface area (Å²) in [7, 11) is 0. The van der Waals surface area contributed by atoms with Crippen molar-refractivity contribution in [3.63, 3.8) is 0 Å². The molecular formula is C16F18S. The molecule has 0 radical (unpaired) electrons. The number of benzene rings is 2. The molecule has 0 aliphatic heterocycles. The summed E-state index contributed by atoms with van der Waals surface area (Å²) in [5.74, 6) is -21.1. The molecule has 0 aliphatic rings. The van der Waals surface area contributed by atoms with Crippen molar-refractivity contribution in [3.8, 4) is 0 Å². The van der Waals surface area contributed by atoms with Crippen LogP contribution in [0.5, 0.6) is 0 Å². The van der Waals surface area contributed by atoms with E-state index < -0.39 is 103 Å². The predicted octanol–water partition coefficient (Wildman–Crippen LogP) is 8.75. The molecule has 0 heterocycles. The zero-order chi connectivity index (χ0) is 27.6. The Morgan fingerprint density at radius 3 is 0.743 bits per heavy atom. The zero-order valence-corrected chi connectivity index (χ0v) is 16.0. The molecule has 196 valence electrons. The fraction of sp³-hybridized carbons (Fsp3) is 0.250. The maximum Gasteiger partial charge on any atom is 0.422 e. The van der Waals surface area contributed by atoms with Gasteiger partial charge in [0.2, 0.25) is 0 Å². The van der Waals surface area contributed by atoms with Gasteiger partial charge in [-0.1, -0.05) is 11.8 Å². The molecule has 0 nitrogen and oxygen atoms in total. The molecule has 2 aromatic carbocycles. The van der Waals surface area contributed by atoms with Crippen LogP contribution < -0.4 is 0 Å². The van der Waals surface area contributed by atoms with Gasteiger partial charge in [0.25, 0.3) is 0 Å². The second kappa shape index (κ2) is 8.58. The Balaban J connectivity index is 3.09. The van der Waals surface area contributed by atoms with E-state index in [1.165, 1.54) is 0 Å². The highest BCUT2D eigenvalue weighted by Gasteiger charge is 2.51. The highest BCUT2D eigenvalue weighted by molar-refractivity contribution is 7.99. The molecule has 2 aromatic rings. The van der Waals surface area contributed by atoms with E-state index in [1.54, 1.807) is 0 Å². The molecule has 0 spiro atoms. The van der Waals surface area contributed by atoms with Crippen molar-refractivity contribution in [1.29, 1.82) is 0 Å². The van der Waals surface area contributed by atoms with Gasteiger partial charge in [0.1, 0.15) is 22.3 Å². The van der Waals surface area contributed by atoms with Crippen molar-refractivity contribution in [3.05, 3.63) is 57.2 Å². The van der Waals surface area contributed by atoms with E-state index in [-0.39, 0.29) is 0 Å². The van der Waals surface area contributed by atoms with Gasteiger partial charge in [0.05, 0.1) is 9.79 Å². The third-order valence-electron chi connectivity index (χ3n) is 3.89. The predicted molar refractivity (Wildman–Crippen MR) is 76.8 cm³/mol. The minimum Gasteiger partial charge on any atom is -0.206 e. The molecule has 0 N–H and O–H groups in total. The molecule has 0 atom stereocenters. The first-order valence-electron chi connectivity index (χ1n) is 7.81. The van der Waals surface area contributed by atoms with E-state index in [0.29, 0.717) is 0 Å². The van der Waals surface area contributed by atoms with Crippen LogP contribution >= 0.6 is 11.8 Å². The van der Waals surface area contributed by atoms with E-state index >= 15 is 0 Å². The zero-order valence-electron chi connectivity index (χ0n) is 15.2. The van der Waals surface area contributed by atoms with E-state index in [2.05, 4.69) is 0 Å². The fourth-order valence-electron chi connectivity index (χ4n) is 2.58. The Morgan fingerprint density at radius 1 is 0.314 bits per heavy atom. The van der Waals surface area contributed by atoms with Crippen molar-refractivity contribution in [2.24, 2.45) is 0 Å². The van der Waals surface area contributed by atoms with Crippen molar-refractivity contribution in [1.82, 2.24) is 0 Å². The van der Waals surface area contributed by atoms with Gasteiger partial charge in [-0.2, -0.15) is 52.7 Å². The summed E-state index contributed by atoms with van der Waals surface area (Å²) in [6.07, 6.45) is -25.7. The molecule has 2 rings (SSSR count). The lowest BCUT2D eigenvalue weighted by Crippen LogP contribution is -2.22. The lowest BCUT2D eigenvalue weighted by Gasteiger charge is -2.22. The second-order valence-electron chi connectivity index (χ2n) is 6.14. The largest absolute Gasteiger partial charge is 0.422 e. The highest BCUT2D eigenvalue weighted by Crippen LogP contribution is 2.52. The molecular weight excluding hydrogens is 566 g/mol. The topological polar surface area (TPSA) is 0 Å². The van der Waals surface area contributed by atoms with Crippen LogP contribution in [0.4, 0.5) is 79.0 Å². The summed E-state index contributed by atoms with van der Waals surface area (Å²) in [5, 5.41) is 0. The van der Waals surface area contributed by atoms with E-state index in [9.17, 15) is 79.0 Å². The Labute approximate surface area is 183 Å². The Bertz CT molecular complexity index is 1070. The maximum atomic E-state index is 14.1. The number of halogens is 18. The first-order chi connectivity index (χ1) is 15.4. The Morgan fingerprint density at radius 2 is 0.543 bits per heavy atom. The normalized spacial score (nSPS) is 13.5. The van der Waals surface area contributed by atoms with Gasteiger partial charge in [-0.25, -0.2) is 26.3 Å². The van der Waals surface area contributed by atoms with Crippen molar-refractivity contribution in [2.45, 2.75) is 34.5 Å². The minimum atomic E-state index is -6.49. The summed E-state index contributed by atoms with van der Waals surface area (Å²) in [4.78, 5) is -5.85. The van der Waals surface area contributed by atoms with Crippen molar-refractivity contribution >= 4 is 11.8 Å². The van der Waals surface area contributed by atoms with Crippen molar-refractivity contribution < 1.29 is 79.0 Å². The first kappa shape index (κ1) is 28.8. The lowest BCUT2D eigenvalue weighted by atomic mass is 10.1. The van der Waals surface area contributed by atoms with Crippen LogP contribution in [0.2, 0.25) is 0 Å². The van der Waals surface area contributed by atoms with Crippen LogP contribution in [0, 0.1) is 34.9 Å². The van der Waals surface area contributed by atoms with Gasteiger partial charge in [-0.3, -0.25) is 0 Å². The molecule has 0 aliphatic carbocycles. The smallest absolute Gasteiger partial charge is 0.206 e. The number of alkyl halides is 12. The van der Waals surface area contributed by atoms with Gasteiger partial charge in [-0.15, -0.1) is 0 Å². The van der Waals surface area contributed by atoms with Gasteiger partial charge in [-0.05, 0) is 0 Å². The highest BCUT2D eigenvalue weighted by atomic mass is 32.2. The molecule has 0 aromatic heterocycles. The molecule has 0 saturated heterocycles. The molecule has 0 saturated carbocycles. The van der Waals surface area contributed by atoms with Crippen LogP contribution in [0.3, 0.4) is 0 Å². The van der Waals surface area contributed by atoms with Crippen LogP contribution in [0.15, 0.2) is 9.79 Å². The van der Waals surface area contributed by atoms with Crippen LogP contribution in [0.1, 0.15) is 22.3 Å². The molecule has 35 heavy (non-hydrogen) atoms. The summed E-state index contributed by atoms with van der Waals surface area (Å²) in [5.41, 5.74) is -14.0. The molecule has 0 unspecified atom stereocenters. The third kappa shape index (κ3) is 5.09. The average Bonchev–Trinajstić information content (AvgIpc) is 2.59. The molecule has 0 bridgehead atoms. The maximum absolute atomic E-state index is 14.1. The number of hydrogen-bond acceptors (Lipinski definition) is 1.